The Hall–Kier alpha value is -2.46. The van der Waals surface area contributed by atoms with Gasteiger partial charge in [0.15, 0.2) is 5.69 Å². The second-order valence-corrected chi connectivity index (χ2v) is 7.12. The maximum atomic E-state index is 12.6. The van der Waals surface area contributed by atoms with Crippen molar-refractivity contribution in [1.29, 1.82) is 0 Å². The van der Waals surface area contributed by atoms with Crippen molar-refractivity contribution < 1.29 is 9.59 Å². The fourth-order valence-electron chi connectivity index (χ4n) is 2.50. The second kappa shape index (κ2) is 8.05. The lowest BCUT2D eigenvalue weighted by atomic mass is 10.1. The maximum absolute atomic E-state index is 12.6. The quantitative estimate of drug-likeness (QED) is 0.431. The highest BCUT2D eigenvalue weighted by atomic mass is 127. The van der Waals surface area contributed by atoms with Crippen LogP contribution in [0.25, 0.3) is 10.8 Å². The number of nitrogens with zero attached hydrogens (tertiary/aromatic N) is 2. The minimum absolute atomic E-state index is 0.0537. The lowest BCUT2D eigenvalue weighted by Crippen LogP contribution is -2.42. The molecule has 2 amide bonds. The van der Waals surface area contributed by atoms with Crippen molar-refractivity contribution in [2.75, 3.05) is 0 Å². The van der Waals surface area contributed by atoms with Crippen LogP contribution in [0.2, 0.25) is 5.02 Å². The van der Waals surface area contributed by atoms with Gasteiger partial charge in [-0.25, -0.2) is 4.68 Å². The van der Waals surface area contributed by atoms with Crippen LogP contribution in [0.15, 0.2) is 47.3 Å². The Bertz CT molecular complexity index is 1110. The van der Waals surface area contributed by atoms with E-state index in [4.69, 9.17) is 11.6 Å². The molecule has 3 rings (SSSR count). The van der Waals surface area contributed by atoms with Crippen molar-refractivity contribution in [3.63, 3.8) is 0 Å². The summed E-state index contributed by atoms with van der Waals surface area (Å²) in [7, 11) is 0. The van der Waals surface area contributed by atoms with Gasteiger partial charge in [0.1, 0.15) is 0 Å². The lowest BCUT2D eigenvalue weighted by Gasteiger charge is -2.11. The van der Waals surface area contributed by atoms with Crippen LogP contribution in [0.4, 0.5) is 0 Å². The molecule has 0 unspecified atom stereocenters. The largest absolute Gasteiger partial charge is 0.290 e. The molecule has 0 fully saturated rings. The Kier molecular flexibility index (Phi) is 5.76. The third-order valence-corrected chi connectivity index (χ3v) is 5.39. The van der Waals surface area contributed by atoms with Crippen molar-refractivity contribution in [2.24, 2.45) is 0 Å². The van der Waals surface area contributed by atoms with E-state index in [9.17, 15) is 14.4 Å². The van der Waals surface area contributed by atoms with E-state index in [1.807, 2.05) is 22.6 Å². The summed E-state index contributed by atoms with van der Waals surface area (Å²) in [5, 5.41) is 5.46. The number of benzene rings is 2. The molecular weight excluding hydrogens is 483 g/mol. The van der Waals surface area contributed by atoms with Crippen molar-refractivity contribution in [1.82, 2.24) is 20.6 Å². The Morgan fingerprint density at radius 1 is 1.11 bits per heavy atom. The standard InChI is InChI=1S/C18H14ClIN4O3/c1-2-24-18(27)12-6-4-3-5-11(12)15(23-24)17(26)22-21-16(25)10-7-8-13(19)14(20)9-10/h3-9H,2H2,1H3,(H,21,25)(H,22,26). The summed E-state index contributed by atoms with van der Waals surface area (Å²) in [5.41, 5.74) is 4.82. The molecule has 0 atom stereocenters. The van der Waals surface area contributed by atoms with Crippen LogP contribution in [0.5, 0.6) is 0 Å². The zero-order valence-corrected chi connectivity index (χ0v) is 17.0. The smallest absolute Gasteiger partial charge is 0.267 e. The summed E-state index contributed by atoms with van der Waals surface area (Å²) in [6.07, 6.45) is 0. The summed E-state index contributed by atoms with van der Waals surface area (Å²) in [6.45, 7) is 2.08. The third kappa shape index (κ3) is 3.96. The zero-order chi connectivity index (χ0) is 19.6. The van der Waals surface area contributed by atoms with Crippen LogP contribution in [0.3, 0.4) is 0 Å². The molecule has 0 aliphatic rings. The van der Waals surface area contributed by atoms with Crippen LogP contribution in [0.1, 0.15) is 27.8 Å². The van der Waals surface area contributed by atoms with Gasteiger partial charge in [-0.3, -0.25) is 25.2 Å². The van der Waals surface area contributed by atoms with Crippen molar-refractivity contribution >= 4 is 56.8 Å². The Morgan fingerprint density at radius 2 is 1.78 bits per heavy atom. The Morgan fingerprint density at radius 3 is 2.44 bits per heavy atom. The zero-order valence-electron chi connectivity index (χ0n) is 14.1. The summed E-state index contributed by atoms with van der Waals surface area (Å²) in [6, 6.07) is 11.5. The van der Waals surface area contributed by atoms with Crippen LogP contribution in [-0.4, -0.2) is 21.6 Å². The molecule has 0 aliphatic carbocycles. The number of rotatable bonds is 3. The van der Waals surface area contributed by atoms with Crippen LogP contribution >= 0.6 is 34.2 Å². The fourth-order valence-corrected chi connectivity index (χ4v) is 3.13. The van der Waals surface area contributed by atoms with Crippen molar-refractivity contribution in [2.45, 2.75) is 13.5 Å². The molecule has 27 heavy (non-hydrogen) atoms. The maximum Gasteiger partial charge on any atom is 0.290 e. The predicted octanol–water partition coefficient (Wildman–Crippen LogP) is 2.75. The molecule has 0 saturated heterocycles. The Balaban J connectivity index is 1.86. The van der Waals surface area contributed by atoms with E-state index in [-0.39, 0.29) is 11.3 Å². The number of nitrogens with one attached hydrogen (secondary N) is 2. The van der Waals surface area contributed by atoms with Gasteiger partial charge in [0, 0.05) is 21.1 Å². The van der Waals surface area contributed by atoms with Crippen LogP contribution in [0, 0.1) is 3.57 Å². The van der Waals surface area contributed by atoms with Gasteiger partial charge < -0.3 is 0 Å². The molecule has 3 aromatic rings. The molecule has 0 bridgehead atoms. The number of fused-ring (bicyclic) bond motifs is 1. The molecule has 0 spiro atoms. The average molecular weight is 497 g/mol. The molecule has 7 nitrogen and oxygen atoms in total. The van der Waals surface area contributed by atoms with E-state index < -0.39 is 11.8 Å². The third-order valence-electron chi connectivity index (χ3n) is 3.85. The summed E-state index contributed by atoms with van der Waals surface area (Å²) in [4.78, 5) is 37.1. The predicted molar refractivity (Wildman–Crippen MR) is 111 cm³/mol. The summed E-state index contributed by atoms with van der Waals surface area (Å²) in [5.74, 6) is -1.11. The minimum atomic E-state index is -0.620. The highest BCUT2D eigenvalue weighted by Gasteiger charge is 2.17. The monoisotopic (exact) mass is 496 g/mol. The first-order valence-electron chi connectivity index (χ1n) is 7.98. The van der Waals surface area contributed by atoms with E-state index in [1.54, 1.807) is 49.4 Å². The number of amides is 2. The van der Waals surface area contributed by atoms with Gasteiger partial charge in [0.25, 0.3) is 17.4 Å². The molecular formula is C18H14ClIN4O3. The van der Waals surface area contributed by atoms with E-state index in [2.05, 4.69) is 16.0 Å². The topological polar surface area (TPSA) is 93.1 Å². The van der Waals surface area contributed by atoms with E-state index in [1.165, 1.54) is 4.68 Å². The summed E-state index contributed by atoms with van der Waals surface area (Å²) < 4.78 is 1.93. The highest BCUT2D eigenvalue weighted by Crippen LogP contribution is 2.19. The lowest BCUT2D eigenvalue weighted by molar-refractivity contribution is 0.0843. The molecule has 9 heteroatoms. The van der Waals surface area contributed by atoms with Gasteiger partial charge in [-0.05, 0) is 53.8 Å². The number of hydrogen-bond donors (Lipinski definition) is 2. The number of halogens is 2. The van der Waals surface area contributed by atoms with E-state index >= 15 is 0 Å². The first-order valence-corrected chi connectivity index (χ1v) is 9.43. The normalized spacial score (nSPS) is 10.6. The van der Waals surface area contributed by atoms with Gasteiger partial charge in [0.2, 0.25) is 0 Å². The molecule has 0 aliphatic heterocycles. The minimum Gasteiger partial charge on any atom is -0.267 e. The number of hydrogen-bond acceptors (Lipinski definition) is 4. The Labute approximate surface area is 172 Å². The van der Waals surface area contributed by atoms with Crippen LogP contribution < -0.4 is 16.4 Å². The molecule has 138 valence electrons. The number of hydrazine groups is 1. The molecule has 1 aromatic heterocycles. The highest BCUT2D eigenvalue weighted by molar-refractivity contribution is 14.1. The van der Waals surface area contributed by atoms with E-state index in [0.29, 0.717) is 27.9 Å². The number of aryl methyl sites for hydroxylation is 1. The molecule has 2 aromatic carbocycles. The average Bonchev–Trinajstić information content (AvgIpc) is 2.68. The number of carbonyl (C=O) groups is 2. The SMILES string of the molecule is CCn1nc(C(=O)NNC(=O)c2ccc(Cl)c(I)c2)c2ccccc2c1=O. The van der Waals surface area contributed by atoms with Gasteiger partial charge in [0.05, 0.1) is 10.4 Å². The van der Waals surface area contributed by atoms with Crippen molar-refractivity contribution in [3.05, 3.63) is 72.7 Å². The van der Waals surface area contributed by atoms with Gasteiger partial charge >= 0.3 is 0 Å². The van der Waals surface area contributed by atoms with Crippen LogP contribution in [-0.2, 0) is 6.54 Å². The van der Waals surface area contributed by atoms with Crippen molar-refractivity contribution in [3.8, 4) is 0 Å². The number of carbonyl (C=O) groups excluding carboxylic acids is 2. The first kappa shape index (κ1) is 19.3. The van der Waals surface area contributed by atoms with Gasteiger partial charge in [-0.2, -0.15) is 5.10 Å². The molecule has 0 saturated carbocycles. The number of aromatic nitrogens is 2. The second-order valence-electron chi connectivity index (χ2n) is 5.55. The molecule has 0 radical (unpaired) electrons. The first-order chi connectivity index (χ1) is 12.9. The fraction of sp³-hybridized carbons (Fsp3) is 0.111. The summed E-state index contributed by atoms with van der Waals surface area (Å²) >= 11 is 7.96. The van der Waals surface area contributed by atoms with Gasteiger partial charge in [-0.15, -0.1) is 0 Å². The molecule has 1 heterocycles. The van der Waals surface area contributed by atoms with E-state index in [0.717, 1.165) is 3.57 Å². The molecule has 2 N–H and O–H groups in total. The van der Waals surface area contributed by atoms with Gasteiger partial charge in [-0.1, -0.05) is 29.8 Å².